The van der Waals surface area contributed by atoms with Gasteiger partial charge in [0.25, 0.3) is 0 Å². The quantitative estimate of drug-likeness (QED) is 0.467. The van der Waals surface area contributed by atoms with E-state index in [9.17, 15) is 9.18 Å². The predicted octanol–water partition coefficient (Wildman–Crippen LogP) is 3.09. The fourth-order valence-electron chi connectivity index (χ4n) is 3.63. The summed E-state index contributed by atoms with van der Waals surface area (Å²) < 4.78 is 26.4. The van der Waals surface area contributed by atoms with E-state index in [1.807, 2.05) is 31.2 Å². The van der Waals surface area contributed by atoms with E-state index in [4.69, 9.17) is 9.47 Å². The molecule has 1 aliphatic heterocycles. The van der Waals surface area contributed by atoms with Crippen molar-refractivity contribution in [1.29, 1.82) is 0 Å². The molecule has 1 aliphatic rings. The summed E-state index contributed by atoms with van der Waals surface area (Å²) in [5.74, 6) is 0.972. The van der Waals surface area contributed by atoms with Gasteiger partial charge in [0.15, 0.2) is 5.16 Å². The van der Waals surface area contributed by atoms with Gasteiger partial charge in [-0.2, -0.15) is 0 Å². The first-order valence-corrected chi connectivity index (χ1v) is 12.0. The van der Waals surface area contributed by atoms with Crippen molar-refractivity contribution in [3.63, 3.8) is 0 Å². The summed E-state index contributed by atoms with van der Waals surface area (Å²) in [6, 6.07) is 14.1. The average molecular weight is 486 g/mol. The molecule has 2 heterocycles. The van der Waals surface area contributed by atoms with Gasteiger partial charge in [-0.25, -0.2) is 4.39 Å². The first kappa shape index (κ1) is 24.0. The maximum absolute atomic E-state index is 14.0. The smallest absolute Gasteiger partial charge is 0.233 e. The molecule has 0 saturated carbocycles. The van der Waals surface area contributed by atoms with Gasteiger partial charge in [0, 0.05) is 19.6 Å². The number of carbonyl (C=O) groups excluding carboxylic acids is 1. The molecule has 1 N–H and O–H groups in total. The number of anilines is 1. The number of benzene rings is 2. The Kier molecular flexibility index (Phi) is 8.02. The first-order valence-electron chi connectivity index (χ1n) is 11.2. The number of hydrogen-bond donors (Lipinski definition) is 1. The second kappa shape index (κ2) is 11.3. The second-order valence-corrected chi connectivity index (χ2v) is 9.15. The van der Waals surface area contributed by atoms with Crippen LogP contribution in [0.1, 0.15) is 12.5 Å². The highest BCUT2D eigenvalue weighted by Gasteiger charge is 2.25. The topological polar surface area (TPSA) is 81.5 Å². The van der Waals surface area contributed by atoms with E-state index in [2.05, 4.69) is 20.4 Å². The highest BCUT2D eigenvalue weighted by atomic mass is 32.2. The first-order chi connectivity index (χ1) is 16.5. The van der Waals surface area contributed by atoms with Crippen molar-refractivity contribution in [2.75, 3.05) is 44.9 Å². The zero-order valence-corrected chi connectivity index (χ0v) is 20.1. The van der Waals surface area contributed by atoms with Crippen LogP contribution in [-0.2, 0) is 16.0 Å². The van der Waals surface area contributed by atoms with Crippen molar-refractivity contribution >= 4 is 23.6 Å². The summed E-state index contributed by atoms with van der Waals surface area (Å²) in [5, 5.41) is 11.8. The fraction of sp³-hybridized carbons (Fsp3) is 0.375. The van der Waals surface area contributed by atoms with Gasteiger partial charge in [-0.3, -0.25) is 9.36 Å². The van der Waals surface area contributed by atoms with Crippen LogP contribution in [0.25, 0.3) is 5.69 Å². The average Bonchev–Trinajstić information content (AvgIpc) is 3.28. The molecule has 1 atom stereocenters. The molecule has 1 amide bonds. The SMILES string of the molecule is COc1ccc(CCNC(=O)C(C)Sc2nnc(N3CCOCC3)n2-c2cccc(F)c2)cc1. The highest BCUT2D eigenvalue weighted by molar-refractivity contribution is 8.00. The zero-order valence-electron chi connectivity index (χ0n) is 19.2. The van der Waals surface area contributed by atoms with Gasteiger partial charge in [-0.15, -0.1) is 10.2 Å². The summed E-state index contributed by atoms with van der Waals surface area (Å²) in [6.07, 6.45) is 0.716. The monoisotopic (exact) mass is 485 g/mol. The number of amides is 1. The van der Waals surface area contributed by atoms with Crippen LogP contribution in [0.15, 0.2) is 53.7 Å². The number of nitrogens with one attached hydrogen (secondary N) is 1. The molecule has 1 fully saturated rings. The number of ether oxygens (including phenoxy) is 2. The van der Waals surface area contributed by atoms with E-state index in [1.54, 1.807) is 23.8 Å². The molecule has 0 radical (unpaired) electrons. The Bertz CT molecular complexity index is 1100. The molecule has 8 nitrogen and oxygen atoms in total. The predicted molar refractivity (Wildman–Crippen MR) is 129 cm³/mol. The van der Waals surface area contributed by atoms with Crippen LogP contribution in [0, 0.1) is 5.82 Å². The molecule has 1 unspecified atom stereocenters. The number of aromatic nitrogens is 3. The highest BCUT2D eigenvalue weighted by Crippen LogP contribution is 2.30. The Morgan fingerprint density at radius 1 is 1.21 bits per heavy atom. The normalized spacial score (nSPS) is 14.6. The lowest BCUT2D eigenvalue weighted by Crippen LogP contribution is -2.38. The summed E-state index contributed by atoms with van der Waals surface area (Å²) in [5.41, 5.74) is 1.73. The maximum atomic E-state index is 14.0. The Labute approximate surface area is 202 Å². The molecule has 180 valence electrons. The Hall–Kier alpha value is -3.11. The largest absolute Gasteiger partial charge is 0.497 e. The van der Waals surface area contributed by atoms with Gasteiger partial charge in [-0.05, 0) is 49.2 Å². The van der Waals surface area contributed by atoms with Gasteiger partial charge < -0.3 is 19.7 Å². The van der Waals surface area contributed by atoms with Gasteiger partial charge in [0.1, 0.15) is 11.6 Å². The lowest BCUT2D eigenvalue weighted by molar-refractivity contribution is -0.120. The third-order valence-corrected chi connectivity index (χ3v) is 6.54. The van der Waals surface area contributed by atoms with Crippen LogP contribution in [0.5, 0.6) is 5.75 Å². The van der Waals surface area contributed by atoms with Gasteiger partial charge in [-0.1, -0.05) is 30.0 Å². The third kappa shape index (κ3) is 5.87. The summed E-state index contributed by atoms with van der Waals surface area (Å²) in [6.45, 7) is 4.86. The minimum atomic E-state index is -0.412. The molecule has 1 saturated heterocycles. The van der Waals surface area contributed by atoms with Crippen molar-refractivity contribution < 1.29 is 18.7 Å². The molecule has 0 aliphatic carbocycles. The van der Waals surface area contributed by atoms with Crippen LogP contribution in [0.4, 0.5) is 10.3 Å². The molecule has 34 heavy (non-hydrogen) atoms. The molecule has 0 spiro atoms. The number of halogens is 1. The summed E-state index contributed by atoms with van der Waals surface area (Å²) in [4.78, 5) is 14.8. The standard InChI is InChI=1S/C24H28FN5O3S/c1-17(22(31)26-11-10-18-6-8-21(32-2)9-7-18)34-24-28-27-23(29-12-14-33-15-13-29)30(24)20-5-3-4-19(25)16-20/h3-9,16-17H,10-15H2,1-2H3,(H,26,31). The van der Waals surface area contributed by atoms with E-state index in [0.717, 1.165) is 11.3 Å². The molecule has 2 aromatic carbocycles. The number of morpholine rings is 1. The zero-order chi connectivity index (χ0) is 23.9. The molecule has 3 aromatic rings. The number of nitrogens with zero attached hydrogens (tertiary/aromatic N) is 4. The van der Waals surface area contributed by atoms with Crippen LogP contribution in [-0.4, -0.2) is 65.9 Å². The number of thioether (sulfide) groups is 1. The minimum Gasteiger partial charge on any atom is -0.497 e. The molecule has 1 aromatic heterocycles. The van der Waals surface area contributed by atoms with Crippen LogP contribution in [0.2, 0.25) is 0 Å². The van der Waals surface area contributed by atoms with E-state index >= 15 is 0 Å². The number of methoxy groups -OCH3 is 1. The van der Waals surface area contributed by atoms with Gasteiger partial charge in [0.05, 0.1) is 31.3 Å². The van der Waals surface area contributed by atoms with E-state index < -0.39 is 5.25 Å². The van der Waals surface area contributed by atoms with Gasteiger partial charge in [0.2, 0.25) is 11.9 Å². The molecular weight excluding hydrogens is 457 g/mol. The minimum absolute atomic E-state index is 0.0970. The molecule has 0 bridgehead atoms. The van der Waals surface area contributed by atoms with Crippen LogP contribution >= 0.6 is 11.8 Å². The van der Waals surface area contributed by atoms with Crippen molar-refractivity contribution in [2.24, 2.45) is 0 Å². The Balaban J connectivity index is 1.44. The van der Waals surface area contributed by atoms with Crippen molar-refractivity contribution in [1.82, 2.24) is 20.1 Å². The Morgan fingerprint density at radius 3 is 2.68 bits per heavy atom. The van der Waals surface area contributed by atoms with Crippen LogP contribution < -0.4 is 15.0 Å². The van der Waals surface area contributed by atoms with Gasteiger partial charge >= 0.3 is 0 Å². The Morgan fingerprint density at radius 2 is 1.97 bits per heavy atom. The summed E-state index contributed by atoms with van der Waals surface area (Å²) >= 11 is 1.30. The van der Waals surface area contributed by atoms with Crippen molar-refractivity contribution in [2.45, 2.75) is 23.8 Å². The summed E-state index contributed by atoms with van der Waals surface area (Å²) in [7, 11) is 1.63. The fourth-order valence-corrected chi connectivity index (χ4v) is 4.51. The van der Waals surface area contributed by atoms with Crippen molar-refractivity contribution in [3.8, 4) is 11.4 Å². The maximum Gasteiger partial charge on any atom is 0.233 e. The van der Waals surface area contributed by atoms with Crippen LogP contribution in [0.3, 0.4) is 0 Å². The lowest BCUT2D eigenvalue weighted by Gasteiger charge is -2.28. The van der Waals surface area contributed by atoms with E-state index in [-0.39, 0.29) is 11.7 Å². The number of rotatable bonds is 9. The lowest BCUT2D eigenvalue weighted by atomic mass is 10.1. The molecule has 4 rings (SSSR count). The second-order valence-electron chi connectivity index (χ2n) is 7.85. The van der Waals surface area contributed by atoms with Crippen molar-refractivity contribution in [3.05, 3.63) is 59.9 Å². The third-order valence-electron chi connectivity index (χ3n) is 5.50. The van der Waals surface area contributed by atoms with E-state index in [1.165, 1.54) is 23.9 Å². The number of hydrogen-bond acceptors (Lipinski definition) is 7. The van der Waals surface area contributed by atoms with E-state index in [0.29, 0.717) is 56.1 Å². The number of carbonyl (C=O) groups is 1. The molecular formula is C24H28FN5O3S. The molecule has 10 heteroatoms.